The summed E-state index contributed by atoms with van der Waals surface area (Å²) in [5, 5.41) is 0. The lowest BCUT2D eigenvalue weighted by molar-refractivity contribution is 0.603. The highest BCUT2D eigenvalue weighted by Crippen LogP contribution is 2.25. The highest BCUT2D eigenvalue weighted by Gasteiger charge is 2.24. The van der Waals surface area contributed by atoms with Crippen LogP contribution in [-0.4, -0.2) is 18.4 Å². The summed E-state index contributed by atoms with van der Waals surface area (Å²) >= 11 is 0. The standard InChI is InChI=1S/C14H14FN3O2S/c1-9-7-10(2)18-14(17-9)13(8-16)21(19,20)12-5-3-11(15)4-6-12/h3-8H,16H2,1-2H3. The molecule has 110 valence electrons. The predicted molar refractivity (Wildman–Crippen MR) is 77.3 cm³/mol. The van der Waals surface area contributed by atoms with E-state index in [2.05, 4.69) is 9.97 Å². The van der Waals surface area contributed by atoms with Gasteiger partial charge in [-0.25, -0.2) is 22.8 Å². The van der Waals surface area contributed by atoms with Gasteiger partial charge in [0.25, 0.3) is 0 Å². The average Bonchev–Trinajstić information content (AvgIpc) is 2.38. The van der Waals surface area contributed by atoms with Gasteiger partial charge in [0.2, 0.25) is 9.84 Å². The molecule has 1 aromatic heterocycles. The largest absolute Gasteiger partial charge is 0.403 e. The van der Waals surface area contributed by atoms with E-state index in [0.717, 1.165) is 18.3 Å². The predicted octanol–water partition coefficient (Wildman–Crippen LogP) is 1.96. The summed E-state index contributed by atoms with van der Waals surface area (Å²) < 4.78 is 38.0. The minimum Gasteiger partial charge on any atom is -0.403 e. The van der Waals surface area contributed by atoms with Gasteiger partial charge in [-0.2, -0.15) is 0 Å². The van der Waals surface area contributed by atoms with Crippen molar-refractivity contribution in [1.29, 1.82) is 0 Å². The van der Waals surface area contributed by atoms with E-state index in [1.54, 1.807) is 19.9 Å². The maximum absolute atomic E-state index is 12.9. The summed E-state index contributed by atoms with van der Waals surface area (Å²) in [6, 6.07) is 6.22. The van der Waals surface area contributed by atoms with E-state index in [9.17, 15) is 12.8 Å². The van der Waals surface area contributed by atoms with Crippen molar-refractivity contribution in [3.05, 3.63) is 59.6 Å². The molecule has 0 aliphatic carbocycles. The van der Waals surface area contributed by atoms with Gasteiger partial charge < -0.3 is 5.73 Å². The SMILES string of the molecule is Cc1cc(C)nc(C(=CN)S(=O)(=O)c2ccc(F)cc2)n1. The summed E-state index contributed by atoms with van der Waals surface area (Å²) in [6.45, 7) is 3.47. The van der Waals surface area contributed by atoms with Crippen molar-refractivity contribution in [2.45, 2.75) is 18.7 Å². The van der Waals surface area contributed by atoms with E-state index in [0.29, 0.717) is 11.4 Å². The zero-order chi connectivity index (χ0) is 15.6. The molecule has 0 spiro atoms. The number of nitrogens with two attached hydrogens (primary N) is 1. The Morgan fingerprint density at radius 3 is 2.14 bits per heavy atom. The van der Waals surface area contributed by atoms with Gasteiger partial charge in [-0.3, -0.25) is 0 Å². The first kappa shape index (κ1) is 15.1. The Bertz CT molecular complexity index is 779. The van der Waals surface area contributed by atoms with E-state index in [1.165, 1.54) is 12.1 Å². The molecule has 0 atom stereocenters. The van der Waals surface area contributed by atoms with Gasteiger partial charge in [0.1, 0.15) is 10.7 Å². The molecule has 0 fully saturated rings. The molecule has 0 unspecified atom stereocenters. The third kappa shape index (κ3) is 3.08. The smallest absolute Gasteiger partial charge is 0.211 e. The number of rotatable bonds is 3. The number of sulfone groups is 1. The fourth-order valence-corrected chi connectivity index (χ4v) is 3.12. The summed E-state index contributed by atoms with van der Waals surface area (Å²) in [4.78, 5) is 7.93. The quantitative estimate of drug-likeness (QED) is 0.876. The third-order valence-corrected chi connectivity index (χ3v) is 4.56. The molecule has 0 aliphatic rings. The molecule has 1 heterocycles. The molecule has 0 aliphatic heterocycles. The second-order valence-corrected chi connectivity index (χ2v) is 6.38. The van der Waals surface area contributed by atoms with Crippen molar-refractivity contribution in [2.75, 3.05) is 0 Å². The first-order chi connectivity index (χ1) is 9.84. The Labute approximate surface area is 122 Å². The van der Waals surface area contributed by atoms with Crippen LogP contribution in [0.2, 0.25) is 0 Å². The fourth-order valence-electron chi connectivity index (χ4n) is 1.86. The first-order valence-corrected chi connectivity index (χ1v) is 7.58. The number of hydrogen-bond donors (Lipinski definition) is 1. The lowest BCUT2D eigenvalue weighted by atomic mass is 10.3. The lowest BCUT2D eigenvalue weighted by Gasteiger charge is -2.09. The number of nitrogens with zero attached hydrogens (tertiary/aromatic N) is 2. The number of benzene rings is 1. The van der Waals surface area contributed by atoms with Crippen LogP contribution < -0.4 is 5.73 Å². The normalized spacial score (nSPS) is 12.4. The van der Waals surface area contributed by atoms with Crippen molar-refractivity contribution < 1.29 is 12.8 Å². The monoisotopic (exact) mass is 307 g/mol. The molecule has 0 bridgehead atoms. The average molecular weight is 307 g/mol. The minimum atomic E-state index is -3.91. The number of aryl methyl sites for hydroxylation is 2. The molecule has 0 saturated carbocycles. The van der Waals surface area contributed by atoms with Crippen LogP contribution in [0.3, 0.4) is 0 Å². The summed E-state index contributed by atoms with van der Waals surface area (Å²) in [5.41, 5.74) is 6.72. The molecule has 2 aromatic rings. The van der Waals surface area contributed by atoms with Gasteiger partial charge in [-0.15, -0.1) is 0 Å². The second-order valence-electron chi connectivity index (χ2n) is 4.46. The van der Waals surface area contributed by atoms with Crippen LogP contribution in [0, 0.1) is 19.7 Å². The second kappa shape index (κ2) is 5.61. The van der Waals surface area contributed by atoms with Crippen molar-refractivity contribution >= 4 is 14.7 Å². The molecule has 0 saturated heterocycles. The zero-order valence-corrected chi connectivity index (χ0v) is 12.4. The van der Waals surface area contributed by atoms with Crippen LogP contribution in [0.15, 0.2) is 41.4 Å². The number of hydrogen-bond acceptors (Lipinski definition) is 5. The summed E-state index contributed by atoms with van der Waals surface area (Å²) in [7, 11) is -3.91. The number of aromatic nitrogens is 2. The van der Waals surface area contributed by atoms with Crippen molar-refractivity contribution in [1.82, 2.24) is 9.97 Å². The van der Waals surface area contributed by atoms with E-state index in [-0.39, 0.29) is 15.6 Å². The third-order valence-electron chi connectivity index (χ3n) is 2.77. The van der Waals surface area contributed by atoms with E-state index < -0.39 is 15.7 Å². The first-order valence-electron chi connectivity index (χ1n) is 6.10. The Morgan fingerprint density at radius 2 is 1.67 bits per heavy atom. The van der Waals surface area contributed by atoms with Crippen molar-refractivity contribution in [2.24, 2.45) is 5.73 Å². The molecule has 1 aromatic carbocycles. The van der Waals surface area contributed by atoms with E-state index >= 15 is 0 Å². The van der Waals surface area contributed by atoms with Gasteiger partial charge in [0.05, 0.1) is 4.90 Å². The topological polar surface area (TPSA) is 85.9 Å². The summed E-state index contributed by atoms with van der Waals surface area (Å²) in [5.74, 6) is -0.491. The van der Waals surface area contributed by atoms with Gasteiger partial charge in [0.15, 0.2) is 5.82 Å². The molecule has 5 nitrogen and oxygen atoms in total. The highest BCUT2D eigenvalue weighted by molar-refractivity contribution is 8.00. The Balaban J connectivity index is 2.57. The van der Waals surface area contributed by atoms with Crippen LogP contribution in [0.5, 0.6) is 0 Å². The van der Waals surface area contributed by atoms with Crippen LogP contribution in [0.4, 0.5) is 4.39 Å². The molecule has 0 radical (unpaired) electrons. The van der Waals surface area contributed by atoms with Gasteiger partial charge in [-0.05, 0) is 44.2 Å². The maximum Gasteiger partial charge on any atom is 0.211 e. The maximum atomic E-state index is 12.9. The zero-order valence-electron chi connectivity index (χ0n) is 11.5. The Hall–Kier alpha value is -2.28. The number of halogens is 1. The van der Waals surface area contributed by atoms with E-state index in [1.807, 2.05) is 0 Å². The van der Waals surface area contributed by atoms with Crippen LogP contribution in [0.1, 0.15) is 17.2 Å². The highest BCUT2D eigenvalue weighted by atomic mass is 32.2. The van der Waals surface area contributed by atoms with Crippen molar-refractivity contribution in [3.63, 3.8) is 0 Å². The Morgan fingerprint density at radius 1 is 1.14 bits per heavy atom. The van der Waals surface area contributed by atoms with Gasteiger partial charge in [0, 0.05) is 17.6 Å². The van der Waals surface area contributed by atoms with Gasteiger partial charge in [-0.1, -0.05) is 0 Å². The molecule has 21 heavy (non-hydrogen) atoms. The summed E-state index contributed by atoms with van der Waals surface area (Å²) in [6.07, 6.45) is 0.951. The lowest BCUT2D eigenvalue weighted by Crippen LogP contribution is -2.10. The van der Waals surface area contributed by atoms with E-state index in [4.69, 9.17) is 5.73 Å². The van der Waals surface area contributed by atoms with Crippen LogP contribution >= 0.6 is 0 Å². The molecule has 2 N–H and O–H groups in total. The molecule has 7 heteroatoms. The van der Waals surface area contributed by atoms with Gasteiger partial charge >= 0.3 is 0 Å². The molecule has 0 amide bonds. The minimum absolute atomic E-state index is 0.0272. The fraction of sp³-hybridized carbons (Fsp3) is 0.143. The molecule has 2 rings (SSSR count). The van der Waals surface area contributed by atoms with Crippen LogP contribution in [0.25, 0.3) is 4.91 Å². The molecular weight excluding hydrogens is 293 g/mol. The molecular formula is C14H14FN3O2S. The van der Waals surface area contributed by atoms with Crippen molar-refractivity contribution in [3.8, 4) is 0 Å². The van der Waals surface area contributed by atoms with Crippen LogP contribution in [-0.2, 0) is 9.84 Å². The Kier molecular flexibility index (Phi) is 4.04.